The van der Waals surface area contributed by atoms with Crippen LogP contribution in [0.25, 0.3) is 0 Å². The molecule has 2 heteroatoms. The summed E-state index contributed by atoms with van der Waals surface area (Å²) in [6.45, 7) is 7.32. The summed E-state index contributed by atoms with van der Waals surface area (Å²) in [4.78, 5) is 5.31. The quantitative estimate of drug-likeness (QED) is 0.802. The first-order chi connectivity index (χ1) is 9.31. The van der Waals surface area contributed by atoms with Crippen molar-refractivity contribution in [3.8, 4) is 0 Å². The van der Waals surface area contributed by atoms with E-state index in [1.54, 1.807) is 5.56 Å². The van der Waals surface area contributed by atoms with Crippen molar-refractivity contribution in [3.63, 3.8) is 0 Å². The molecule has 1 aromatic rings. The predicted octanol–water partition coefficient (Wildman–Crippen LogP) is 3.16. The zero-order chi connectivity index (χ0) is 12.8. The number of nitrogens with zero attached hydrogens (tertiary/aromatic N) is 2. The fraction of sp³-hybridized carbons (Fsp3) is 0.647. The van der Waals surface area contributed by atoms with Crippen LogP contribution in [0.2, 0.25) is 0 Å². The van der Waals surface area contributed by atoms with Crippen molar-refractivity contribution in [1.29, 1.82) is 0 Å². The van der Waals surface area contributed by atoms with E-state index in [0.29, 0.717) is 0 Å². The predicted molar refractivity (Wildman–Crippen MR) is 80.0 cm³/mol. The lowest BCUT2D eigenvalue weighted by atomic mass is 10.0. The molecule has 2 aliphatic heterocycles. The first-order valence-corrected chi connectivity index (χ1v) is 7.91. The maximum Gasteiger partial charge on any atom is 0.0370 e. The fourth-order valence-electron chi connectivity index (χ4n) is 3.88. The Morgan fingerprint density at radius 1 is 1.05 bits per heavy atom. The van der Waals surface area contributed by atoms with E-state index in [9.17, 15) is 0 Å². The van der Waals surface area contributed by atoms with Crippen LogP contribution in [-0.4, -0.2) is 37.1 Å². The highest BCUT2D eigenvalue weighted by molar-refractivity contribution is 5.53. The van der Waals surface area contributed by atoms with Gasteiger partial charge in [-0.3, -0.25) is 4.90 Å². The molecule has 0 spiro atoms. The lowest BCUT2D eigenvalue weighted by Crippen LogP contribution is -2.50. The van der Waals surface area contributed by atoms with Gasteiger partial charge in [0.1, 0.15) is 0 Å². The van der Waals surface area contributed by atoms with Gasteiger partial charge in [-0.15, -0.1) is 0 Å². The van der Waals surface area contributed by atoms with Crippen LogP contribution in [0.3, 0.4) is 0 Å². The zero-order valence-electron chi connectivity index (χ0n) is 11.9. The van der Waals surface area contributed by atoms with Gasteiger partial charge < -0.3 is 4.90 Å². The first kappa shape index (κ1) is 11.8. The van der Waals surface area contributed by atoms with E-state index in [4.69, 9.17) is 0 Å². The summed E-state index contributed by atoms with van der Waals surface area (Å²) in [7, 11) is 0. The average Bonchev–Trinajstić information content (AvgIpc) is 3.16. The van der Waals surface area contributed by atoms with Crippen molar-refractivity contribution in [2.24, 2.45) is 0 Å². The summed E-state index contributed by atoms with van der Waals surface area (Å²) in [5, 5.41) is 0. The fourth-order valence-corrected chi connectivity index (χ4v) is 3.88. The van der Waals surface area contributed by atoms with Gasteiger partial charge in [0.2, 0.25) is 0 Å². The first-order valence-electron chi connectivity index (χ1n) is 7.91. The molecule has 4 rings (SSSR count). The molecule has 1 unspecified atom stereocenters. The molecule has 0 radical (unpaired) electrons. The standard InChI is InChI=1S/C17H24N2/c1-13-4-7-15(11-17(13)14-5-6-14)19-10-9-18-8-2-3-16(18)12-19/h4,7,11,14,16H,2-3,5-6,8-10,12H2,1H3. The molecule has 19 heavy (non-hydrogen) atoms. The van der Waals surface area contributed by atoms with Crippen LogP contribution in [0.15, 0.2) is 18.2 Å². The number of benzene rings is 1. The second kappa shape index (κ2) is 4.52. The van der Waals surface area contributed by atoms with Crippen molar-refractivity contribution in [2.75, 3.05) is 31.1 Å². The molecule has 2 heterocycles. The van der Waals surface area contributed by atoms with Crippen LogP contribution in [0.5, 0.6) is 0 Å². The Morgan fingerprint density at radius 2 is 1.95 bits per heavy atom. The van der Waals surface area contributed by atoms with E-state index in [1.165, 1.54) is 63.1 Å². The van der Waals surface area contributed by atoms with Gasteiger partial charge >= 0.3 is 0 Å². The van der Waals surface area contributed by atoms with E-state index >= 15 is 0 Å². The number of hydrogen-bond donors (Lipinski definition) is 0. The number of aryl methyl sites for hydroxylation is 1. The van der Waals surface area contributed by atoms with E-state index in [0.717, 1.165) is 12.0 Å². The lowest BCUT2D eigenvalue weighted by Gasteiger charge is -2.39. The average molecular weight is 256 g/mol. The van der Waals surface area contributed by atoms with Crippen LogP contribution in [-0.2, 0) is 0 Å². The zero-order valence-corrected chi connectivity index (χ0v) is 11.9. The number of piperazine rings is 1. The van der Waals surface area contributed by atoms with Crippen molar-refractivity contribution in [1.82, 2.24) is 4.90 Å². The van der Waals surface area contributed by atoms with Gasteiger partial charge in [0.25, 0.3) is 0 Å². The van der Waals surface area contributed by atoms with Gasteiger partial charge in [-0.1, -0.05) is 6.07 Å². The van der Waals surface area contributed by atoms with Gasteiger partial charge in [-0.05, 0) is 68.3 Å². The van der Waals surface area contributed by atoms with E-state index in [-0.39, 0.29) is 0 Å². The molecule has 1 aromatic carbocycles. The largest absolute Gasteiger partial charge is 0.369 e. The second-order valence-electron chi connectivity index (χ2n) is 6.59. The monoisotopic (exact) mass is 256 g/mol. The molecule has 1 aliphatic carbocycles. The van der Waals surface area contributed by atoms with E-state index < -0.39 is 0 Å². The third kappa shape index (κ3) is 2.16. The summed E-state index contributed by atoms with van der Waals surface area (Å²) in [5.41, 5.74) is 4.58. The lowest BCUT2D eigenvalue weighted by molar-refractivity contribution is 0.231. The molecule has 3 aliphatic rings. The van der Waals surface area contributed by atoms with Gasteiger partial charge in [-0.25, -0.2) is 0 Å². The molecule has 0 aromatic heterocycles. The molecule has 0 amide bonds. The van der Waals surface area contributed by atoms with Gasteiger partial charge in [0, 0.05) is 31.4 Å². The Morgan fingerprint density at radius 3 is 2.79 bits per heavy atom. The molecule has 102 valence electrons. The molecule has 2 saturated heterocycles. The van der Waals surface area contributed by atoms with Crippen LogP contribution in [0.4, 0.5) is 5.69 Å². The molecule has 2 nitrogen and oxygen atoms in total. The van der Waals surface area contributed by atoms with Crippen LogP contribution in [0, 0.1) is 6.92 Å². The molecule has 0 N–H and O–H groups in total. The highest BCUT2D eigenvalue weighted by Crippen LogP contribution is 2.43. The highest BCUT2D eigenvalue weighted by atomic mass is 15.3. The minimum atomic E-state index is 0.819. The molecule has 3 fully saturated rings. The van der Waals surface area contributed by atoms with Gasteiger partial charge in [0.05, 0.1) is 0 Å². The van der Waals surface area contributed by atoms with Crippen LogP contribution < -0.4 is 4.90 Å². The second-order valence-corrected chi connectivity index (χ2v) is 6.59. The Labute approximate surface area is 116 Å². The molecular weight excluding hydrogens is 232 g/mol. The normalized spacial score (nSPS) is 27.6. The maximum atomic E-state index is 2.69. The molecule has 1 atom stereocenters. The topological polar surface area (TPSA) is 6.48 Å². The third-order valence-corrected chi connectivity index (χ3v) is 5.23. The summed E-state index contributed by atoms with van der Waals surface area (Å²) < 4.78 is 0. The van der Waals surface area contributed by atoms with Gasteiger partial charge in [0.15, 0.2) is 0 Å². The number of anilines is 1. The van der Waals surface area contributed by atoms with Crippen molar-refractivity contribution < 1.29 is 0 Å². The van der Waals surface area contributed by atoms with E-state index in [2.05, 4.69) is 34.9 Å². The Balaban J connectivity index is 1.56. The number of hydrogen-bond acceptors (Lipinski definition) is 2. The SMILES string of the molecule is Cc1ccc(N2CCN3CCCC3C2)cc1C1CC1. The van der Waals surface area contributed by atoms with Crippen LogP contribution >= 0.6 is 0 Å². The van der Waals surface area contributed by atoms with Crippen molar-refractivity contribution >= 4 is 5.69 Å². The molecule has 0 bridgehead atoms. The highest BCUT2D eigenvalue weighted by Gasteiger charge is 2.31. The minimum absolute atomic E-state index is 0.819. The summed E-state index contributed by atoms with van der Waals surface area (Å²) in [6.07, 6.45) is 5.61. The summed E-state index contributed by atoms with van der Waals surface area (Å²) >= 11 is 0. The Hall–Kier alpha value is -1.02. The third-order valence-electron chi connectivity index (χ3n) is 5.23. The molecule has 1 saturated carbocycles. The smallest absolute Gasteiger partial charge is 0.0370 e. The van der Waals surface area contributed by atoms with Crippen LogP contribution in [0.1, 0.15) is 42.7 Å². The number of rotatable bonds is 2. The van der Waals surface area contributed by atoms with E-state index in [1.807, 2.05) is 0 Å². The maximum absolute atomic E-state index is 2.69. The van der Waals surface area contributed by atoms with Gasteiger partial charge in [-0.2, -0.15) is 0 Å². The molecular formula is C17H24N2. The summed E-state index contributed by atoms with van der Waals surface area (Å²) in [5.74, 6) is 0.868. The number of fused-ring (bicyclic) bond motifs is 1. The van der Waals surface area contributed by atoms with Crippen molar-refractivity contribution in [2.45, 2.75) is 44.6 Å². The Bertz CT molecular complexity index is 478. The van der Waals surface area contributed by atoms with Crippen molar-refractivity contribution in [3.05, 3.63) is 29.3 Å². The Kier molecular flexibility index (Phi) is 2.80. The summed E-state index contributed by atoms with van der Waals surface area (Å²) in [6, 6.07) is 7.98. The minimum Gasteiger partial charge on any atom is -0.369 e.